The molecule has 3 rings (SSSR count). The normalized spacial score (nSPS) is 10.7. The van der Waals surface area contributed by atoms with Crippen molar-refractivity contribution in [2.24, 2.45) is 0 Å². The second-order valence-electron chi connectivity index (χ2n) is 4.75. The van der Waals surface area contributed by atoms with Crippen LogP contribution in [0.25, 0.3) is 11.6 Å². The molecule has 23 heavy (non-hydrogen) atoms. The molecule has 0 saturated heterocycles. The molecular weight excluding hydrogens is 319 g/mol. The molecule has 0 fully saturated rings. The Morgan fingerprint density at radius 1 is 1.39 bits per heavy atom. The maximum atomic E-state index is 13.2. The molecule has 2 N–H and O–H groups in total. The average Bonchev–Trinajstić information content (AvgIpc) is 3.19. The Hall–Kier alpha value is -2.61. The van der Waals surface area contributed by atoms with Gasteiger partial charge in [-0.05, 0) is 36.8 Å². The minimum Gasteiger partial charge on any atom is -0.410 e. The van der Waals surface area contributed by atoms with Gasteiger partial charge in [0, 0.05) is 11.9 Å². The summed E-state index contributed by atoms with van der Waals surface area (Å²) in [5.74, 6) is -0.226. The Morgan fingerprint density at radius 2 is 2.26 bits per heavy atom. The number of H-pyrrole nitrogens is 1. The van der Waals surface area contributed by atoms with Crippen molar-refractivity contribution in [3.05, 3.63) is 47.9 Å². The molecule has 2 aromatic heterocycles. The minimum atomic E-state index is -0.397. The molecule has 8 heteroatoms. The second kappa shape index (κ2) is 6.66. The Balaban J connectivity index is 1.58. The molecule has 6 nitrogen and oxygen atoms in total. The van der Waals surface area contributed by atoms with Crippen LogP contribution in [0, 0.1) is 12.7 Å². The van der Waals surface area contributed by atoms with Gasteiger partial charge < -0.3 is 14.7 Å². The lowest BCUT2D eigenvalue weighted by atomic mass is 10.2. The fourth-order valence-electron chi connectivity index (χ4n) is 1.88. The van der Waals surface area contributed by atoms with Gasteiger partial charge in [0.05, 0.1) is 5.75 Å². The van der Waals surface area contributed by atoms with Gasteiger partial charge in [0.15, 0.2) is 0 Å². The summed E-state index contributed by atoms with van der Waals surface area (Å²) in [5, 5.41) is 10.7. The van der Waals surface area contributed by atoms with E-state index in [1.165, 1.54) is 12.1 Å². The van der Waals surface area contributed by atoms with E-state index in [2.05, 4.69) is 20.5 Å². The van der Waals surface area contributed by atoms with Crippen LogP contribution in [0.5, 0.6) is 0 Å². The van der Waals surface area contributed by atoms with E-state index in [9.17, 15) is 9.18 Å². The first kappa shape index (κ1) is 15.3. The highest BCUT2D eigenvalue weighted by Crippen LogP contribution is 2.22. The third-order valence-electron chi connectivity index (χ3n) is 3.04. The summed E-state index contributed by atoms with van der Waals surface area (Å²) in [7, 11) is 0. The summed E-state index contributed by atoms with van der Waals surface area (Å²) >= 11 is 1.12. The lowest BCUT2D eigenvalue weighted by Gasteiger charge is -2.07. The molecule has 0 aliphatic carbocycles. The fraction of sp³-hybridized carbons (Fsp3) is 0.133. The fourth-order valence-corrected chi connectivity index (χ4v) is 2.45. The quantitative estimate of drug-likeness (QED) is 0.701. The highest BCUT2D eigenvalue weighted by molar-refractivity contribution is 7.99. The zero-order chi connectivity index (χ0) is 16.2. The third kappa shape index (κ3) is 3.78. The van der Waals surface area contributed by atoms with E-state index in [0.29, 0.717) is 22.5 Å². The van der Waals surface area contributed by atoms with Gasteiger partial charge in [0.1, 0.15) is 11.5 Å². The van der Waals surface area contributed by atoms with Crippen LogP contribution in [-0.4, -0.2) is 26.8 Å². The molecule has 0 spiro atoms. The number of nitrogens with one attached hydrogen (secondary N) is 2. The van der Waals surface area contributed by atoms with Crippen LogP contribution in [0.1, 0.15) is 5.56 Å². The first-order valence-corrected chi connectivity index (χ1v) is 7.76. The molecular formula is C15H13FN4O2S. The van der Waals surface area contributed by atoms with Crippen molar-refractivity contribution in [1.29, 1.82) is 0 Å². The molecule has 118 valence electrons. The maximum Gasteiger partial charge on any atom is 0.277 e. The van der Waals surface area contributed by atoms with E-state index in [-0.39, 0.29) is 11.7 Å². The molecule has 0 aliphatic heterocycles. The first-order chi connectivity index (χ1) is 11.1. The highest BCUT2D eigenvalue weighted by atomic mass is 32.2. The standard InChI is InChI=1S/C15H13FN4O2S/c1-9-4-5-10(16)7-12(9)18-13(21)8-23-15-20-19-14(22-15)11-3-2-6-17-11/h2-7,17H,8H2,1H3,(H,18,21). The number of hydrogen-bond donors (Lipinski definition) is 2. The van der Waals surface area contributed by atoms with E-state index in [1.54, 1.807) is 25.3 Å². The number of aromatic nitrogens is 3. The van der Waals surface area contributed by atoms with E-state index in [1.807, 2.05) is 6.07 Å². The van der Waals surface area contributed by atoms with Gasteiger partial charge in [-0.2, -0.15) is 0 Å². The summed E-state index contributed by atoms with van der Waals surface area (Å²) in [6, 6.07) is 7.87. The SMILES string of the molecule is Cc1ccc(F)cc1NC(=O)CSc1nnc(-c2ccc[nH]2)o1. The van der Waals surface area contributed by atoms with Gasteiger partial charge in [-0.3, -0.25) is 4.79 Å². The monoisotopic (exact) mass is 332 g/mol. The number of benzene rings is 1. The van der Waals surface area contributed by atoms with E-state index >= 15 is 0 Å². The molecule has 1 aromatic carbocycles. The number of rotatable bonds is 5. The van der Waals surface area contributed by atoms with E-state index in [0.717, 1.165) is 17.3 Å². The molecule has 0 saturated carbocycles. The zero-order valence-electron chi connectivity index (χ0n) is 12.2. The van der Waals surface area contributed by atoms with E-state index < -0.39 is 5.82 Å². The Morgan fingerprint density at radius 3 is 3.04 bits per heavy atom. The van der Waals surface area contributed by atoms with Crippen LogP contribution in [0.4, 0.5) is 10.1 Å². The molecule has 0 unspecified atom stereocenters. The smallest absolute Gasteiger partial charge is 0.277 e. The predicted molar refractivity (Wildman–Crippen MR) is 84.6 cm³/mol. The number of amides is 1. The zero-order valence-corrected chi connectivity index (χ0v) is 13.0. The van der Waals surface area contributed by atoms with Crippen molar-refractivity contribution in [2.45, 2.75) is 12.1 Å². The summed E-state index contributed by atoms with van der Waals surface area (Å²) in [6.45, 7) is 1.79. The Bertz CT molecular complexity index is 817. The van der Waals surface area contributed by atoms with Crippen LogP contribution < -0.4 is 5.32 Å². The number of carbonyl (C=O) groups is 1. The van der Waals surface area contributed by atoms with Gasteiger partial charge in [0.2, 0.25) is 5.91 Å². The Labute approximate surface area is 135 Å². The van der Waals surface area contributed by atoms with Gasteiger partial charge in [0.25, 0.3) is 11.1 Å². The number of anilines is 1. The van der Waals surface area contributed by atoms with Crippen molar-refractivity contribution in [3.63, 3.8) is 0 Å². The molecule has 3 aromatic rings. The van der Waals surface area contributed by atoms with Gasteiger partial charge in [-0.25, -0.2) is 4.39 Å². The van der Waals surface area contributed by atoms with Crippen LogP contribution in [-0.2, 0) is 4.79 Å². The summed E-state index contributed by atoms with van der Waals surface area (Å²) < 4.78 is 18.6. The third-order valence-corrected chi connectivity index (χ3v) is 3.85. The van der Waals surface area contributed by atoms with Crippen molar-refractivity contribution < 1.29 is 13.6 Å². The van der Waals surface area contributed by atoms with E-state index in [4.69, 9.17) is 4.42 Å². The lowest BCUT2D eigenvalue weighted by molar-refractivity contribution is -0.113. The number of carbonyl (C=O) groups excluding carboxylic acids is 1. The summed E-state index contributed by atoms with van der Waals surface area (Å²) in [5.41, 5.74) is 1.95. The summed E-state index contributed by atoms with van der Waals surface area (Å²) in [4.78, 5) is 14.9. The van der Waals surface area contributed by atoms with Crippen LogP contribution in [0.3, 0.4) is 0 Å². The first-order valence-electron chi connectivity index (χ1n) is 6.78. The Kier molecular flexibility index (Phi) is 4.42. The lowest BCUT2D eigenvalue weighted by Crippen LogP contribution is -2.15. The number of aryl methyl sites for hydroxylation is 1. The predicted octanol–water partition coefficient (Wildman–Crippen LogP) is 3.24. The molecule has 0 atom stereocenters. The second-order valence-corrected chi connectivity index (χ2v) is 5.68. The van der Waals surface area contributed by atoms with Crippen molar-refractivity contribution in [1.82, 2.24) is 15.2 Å². The molecule has 0 bridgehead atoms. The maximum absolute atomic E-state index is 13.2. The largest absolute Gasteiger partial charge is 0.410 e. The van der Waals surface area contributed by atoms with Crippen LogP contribution in [0.2, 0.25) is 0 Å². The van der Waals surface area contributed by atoms with Crippen LogP contribution in [0.15, 0.2) is 46.2 Å². The number of aromatic amines is 1. The molecule has 2 heterocycles. The van der Waals surface area contributed by atoms with Crippen molar-refractivity contribution in [3.8, 4) is 11.6 Å². The minimum absolute atomic E-state index is 0.0856. The topological polar surface area (TPSA) is 83.8 Å². The van der Waals surface area contributed by atoms with Crippen molar-refractivity contribution in [2.75, 3.05) is 11.1 Å². The average molecular weight is 332 g/mol. The van der Waals surface area contributed by atoms with Crippen molar-refractivity contribution >= 4 is 23.4 Å². The molecule has 0 aliphatic rings. The number of nitrogens with zero attached hydrogens (tertiary/aromatic N) is 2. The number of hydrogen-bond acceptors (Lipinski definition) is 5. The van der Waals surface area contributed by atoms with Crippen LogP contribution >= 0.6 is 11.8 Å². The van der Waals surface area contributed by atoms with Gasteiger partial charge in [-0.15, -0.1) is 10.2 Å². The van der Waals surface area contributed by atoms with Gasteiger partial charge >= 0.3 is 0 Å². The number of halogens is 1. The summed E-state index contributed by atoms with van der Waals surface area (Å²) in [6.07, 6.45) is 1.75. The molecule has 1 amide bonds. The highest BCUT2D eigenvalue weighted by Gasteiger charge is 2.12. The van der Waals surface area contributed by atoms with Gasteiger partial charge in [-0.1, -0.05) is 17.8 Å². The number of thioether (sulfide) groups is 1. The molecule has 0 radical (unpaired) electrons.